The van der Waals surface area contributed by atoms with Gasteiger partial charge in [0.1, 0.15) is 11.5 Å². The lowest BCUT2D eigenvalue weighted by Gasteiger charge is -2.19. The summed E-state index contributed by atoms with van der Waals surface area (Å²) in [6.45, 7) is 4.25. The minimum atomic E-state index is -1.37. The van der Waals surface area contributed by atoms with Gasteiger partial charge < -0.3 is 8.85 Å². The van der Waals surface area contributed by atoms with E-state index in [1.807, 2.05) is 60.7 Å². The van der Waals surface area contributed by atoms with Gasteiger partial charge in [-0.1, -0.05) is 50.2 Å². The molecule has 0 atom stereocenters. The molecule has 0 aliphatic heterocycles. The summed E-state index contributed by atoms with van der Waals surface area (Å²) < 4.78 is 11.9. The highest BCUT2D eigenvalue weighted by Gasteiger charge is 2.25. The predicted octanol–water partition coefficient (Wildman–Crippen LogP) is 4.04. The van der Waals surface area contributed by atoms with Gasteiger partial charge >= 0.3 is 9.28 Å². The summed E-state index contributed by atoms with van der Waals surface area (Å²) in [6.07, 6.45) is 0. The first kappa shape index (κ1) is 12.7. The Bertz CT molecular complexity index is 415. The third kappa shape index (κ3) is 3.63. The van der Waals surface area contributed by atoms with E-state index in [-0.39, 0.29) is 0 Å². The Morgan fingerprint density at radius 2 is 1.11 bits per heavy atom. The zero-order chi connectivity index (χ0) is 12.8. The Kier molecular flexibility index (Phi) is 4.42. The molecule has 0 N–H and O–H groups in total. The molecule has 0 heterocycles. The van der Waals surface area contributed by atoms with E-state index in [1.165, 1.54) is 0 Å². The maximum atomic E-state index is 5.96. The average Bonchev–Trinajstić information content (AvgIpc) is 2.40. The monoisotopic (exact) mass is 257 g/mol. The zero-order valence-electron chi connectivity index (χ0n) is 10.7. The summed E-state index contributed by atoms with van der Waals surface area (Å²) in [7, 11) is -1.37. The Hall–Kier alpha value is -1.74. The summed E-state index contributed by atoms with van der Waals surface area (Å²) >= 11 is 0. The van der Waals surface area contributed by atoms with Gasteiger partial charge in [0, 0.05) is 5.54 Å². The standard InChI is InChI=1S/C15H17O2Si/c1-13(2)18(16-14-9-5-3-6-10-14)17-15-11-7-4-8-12-15/h3-13H,1-2H3. The first-order valence-electron chi connectivity index (χ1n) is 6.08. The molecular weight excluding hydrogens is 240 g/mol. The molecule has 93 valence electrons. The van der Waals surface area contributed by atoms with Crippen LogP contribution in [0.25, 0.3) is 0 Å². The van der Waals surface area contributed by atoms with E-state index < -0.39 is 9.28 Å². The molecule has 0 saturated heterocycles. The molecule has 18 heavy (non-hydrogen) atoms. The molecule has 0 unspecified atom stereocenters. The van der Waals surface area contributed by atoms with Gasteiger partial charge in [-0.05, 0) is 24.3 Å². The second kappa shape index (κ2) is 6.26. The first-order valence-corrected chi connectivity index (χ1v) is 7.48. The van der Waals surface area contributed by atoms with Crippen molar-refractivity contribution >= 4 is 9.28 Å². The van der Waals surface area contributed by atoms with Gasteiger partial charge in [-0.25, -0.2) is 0 Å². The average molecular weight is 257 g/mol. The summed E-state index contributed by atoms with van der Waals surface area (Å²) in [4.78, 5) is 0. The Morgan fingerprint density at radius 1 is 0.722 bits per heavy atom. The van der Waals surface area contributed by atoms with Crippen LogP contribution in [-0.4, -0.2) is 9.28 Å². The van der Waals surface area contributed by atoms with Crippen molar-refractivity contribution in [3.63, 3.8) is 0 Å². The van der Waals surface area contributed by atoms with Crippen molar-refractivity contribution in [2.75, 3.05) is 0 Å². The van der Waals surface area contributed by atoms with Crippen LogP contribution in [0.4, 0.5) is 0 Å². The van der Waals surface area contributed by atoms with E-state index in [2.05, 4.69) is 13.8 Å². The Morgan fingerprint density at radius 3 is 1.44 bits per heavy atom. The van der Waals surface area contributed by atoms with Gasteiger partial charge in [-0.3, -0.25) is 0 Å². The normalized spacial score (nSPS) is 10.7. The first-order chi connectivity index (χ1) is 8.75. The zero-order valence-corrected chi connectivity index (χ0v) is 11.7. The SMILES string of the molecule is CC(C)[Si](Oc1ccccc1)Oc1ccccc1. The summed E-state index contributed by atoms with van der Waals surface area (Å²) in [5, 5.41) is 0. The summed E-state index contributed by atoms with van der Waals surface area (Å²) in [5.74, 6) is 1.74. The second-order valence-electron chi connectivity index (χ2n) is 4.30. The summed E-state index contributed by atoms with van der Waals surface area (Å²) in [6, 6.07) is 19.7. The molecule has 0 aromatic heterocycles. The van der Waals surface area contributed by atoms with E-state index >= 15 is 0 Å². The van der Waals surface area contributed by atoms with Gasteiger partial charge in [-0.2, -0.15) is 0 Å². The number of benzene rings is 2. The molecule has 2 rings (SSSR count). The highest BCUT2D eigenvalue weighted by atomic mass is 28.3. The van der Waals surface area contributed by atoms with Crippen LogP contribution >= 0.6 is 0 Å². The van der Waals surface area contributed by atoms with Crippen LogP contribution in [-0.2, 0) is 0 Å². The van der Waals surface area contributed by atoms with Crippen LogP contribution in [0.1, 0.15) is 13.8 Å². The van der Waals surface area contributed by atoms with Crippen LogP contribution in [0.2, 0.25) is 5.54 Å². The Labute approximate surface area is 110 Å². The molecule has 0 saturated carbocycles. The van der Waals surface area contributed by atoms with Gasteiger partial charge in [0.05, 0.1) is 0 Å². The molecule has 0 bridgehead atoms. The van der Waals surface area contributed by atoms with E-state index in [1.54, 1.807) is 0 Å². The van der Waals surface area contributed by atoms with E-state index in [9.17, 15) is 0 Å². The van der Waals surface area contributed by atoms with Crippen molar-refractivity contribution in [1.82, 2.24) is 0 Å². The number of para-hydroxylation sites is 2. The van der Waals surface area contributed by atoms with Crippen LogP contribution in [0.15, 0.2) is 60.7 Å². The van der Waals surface area contributed by atoms with Gasteiger partial charge in [0.2, 0.25) is 0 Å². The molecule has 2 nitrogen and oxygen atoms in total. The summed E-state index contributed by atoms with van der Waals surface area (Å²) in [5.41, 5.74) is 0.371. The molecule has 0 fully saturated rings. The van der Waals surface area contributed by atoms with Crippen molar-refractivity contribution in [2.45, 2.75) is 19.4 Å². The molecule has 0 amide bonds. The Balaban J connectivity index is 2.05. The molecule has 3 heteroatoms. The highest BCUT2D eigenvalue weighted by molar-refractivity contribution is 6.48. The number of hydrogen-bond acceptors (Lipinski definition) is 2. The quantitative estimate of drug-likeness (QED) is 0.753. The van der Waals surface area contributed by atoms with Gasteiger partial charge in [0.25, 0.3) is 0 Å². The van der Waals surface area contributed by atoms with Crippen LogP contribution in [0.5, 0.6) is 11.5 Å². The lowest BCUT2D eigenvalue weighted by Crippen LogP contribution is -2.33. The molecule has 0 spiro atoms. The van der Waals surface area contributed by atoms with Crippen LogP contribution < -0.4 is 8.85 Å². The molecule has 1 radical (unpaired) electrons. The van der Waals surface area contributed by atoms with E-state index in [0.717, 1.165) is 11.5 Å². The fraction of sp³-hybridized carbons (Fsp3) is 0.200. The topological polar surface area (TPSA) is 18.5 Å². The van der Waals surface area contributed by atoms with Crippen molar-refractivity contribution in [1.29, 1.82) is 0 Å². The maximum absolute atomic E-state index is 5.96. The maximum Gasteiger partial charge on any atom is 0.535 e. The fourth-order valence-electron chi connectivity index (χ4n) is 1.47. The number of hydrogen-bond donors (Lipinski definition) is 0. The van der Waals surface area contributed by atoms with E-state index in [0.29, 0.717) is 5.54 Å². The minimum absolute atomic E-state index is 0.371. The molecular formula is C15H17O2Si. The smallest absolute Gasteiger partial charge is 0.510 e. The predicted molar refractivity (Wildman–Crippen MR) is 75.0 cm³/mol. The third-order valence-corrected chi connectivity index (χ3v) is 4.21. The lowest BCUT2D eigenvalue weighted by molar-refractivity contribution is 0.409. The third-order valence-electron chi connectivity index (χ3n) is 2.39. The lowest BCUT2D eigenvalue weighted by atomic mass is 10.3. The van der Waals surface area contributed by atoms with Crippen molar-refractivity contribution in [3.8, 4) is 11.5 Å². The van der Waals surface area contributed by atoms with Crippen molar-refractivity contribution < 1.29 is 8.85 Å². The second-order valence-corrected chi connectivity index (χ2v) is 6.50. The largest absolute Gasteiger partial charge is 0.535 e. The highest BCUT2D eigenvalue weighted by Crippen LogP contribution is 2.19. The molecule has 0 aliphatic rings. The van der Waals surface area contributed by atoms with Gasteiger partial charge in [-0.15, -0.1) is 0 Å². The van der Waals surface area contributed by atoms with Crippen LogP contribution in [0.3, 0.4) is 0 Å². The molecule has 2 aromatic carbocycles. The minimum Gasteiger partial charge on any atom is -0.510 e. The fourth-order valence-corrected chi connectivity index (χ4v) is 2.72. The van der Waals surface area contributed by atoms with Crippen molar-refractivity contribution in [2.24, 2.45) is 0 Å². The van der Waals surface area contributed by atoms with E-state index in [4.69, 9.17) is 8.85 Å². The van der Waals surface area contributed by atoms with Crippen LogP contribution in [0, 0.1) is 0 Å². The molecule has 0 aliphatic carbocycles. The molecule has 2 aromatic rings. The number of rotatable bonds is 5. The van der Waals surface area contributed by atoms with Crippen molar-refractivity contribution in [3.05, 3.63) is 60.7 Å². The van der Waals surface area contributed by atoms with Gasteiger partial charge in [0.15, 0.2) is 0 Å².